The van der Waals surface area contributed by atoms with Crippen LogP contribution in [0, 0.1) is 0 Å². The lowest BCUT2D eigenvalue weighted by Crippen LogP contribution is -2.18. The van der Waals surface area contributed by atoms with Gasteiger partial charge in [0.25, 0.3) is 0 Å². The van der Waals surface area contributed by atoms with Gasteiger partial charge in [-0.2, -0.15) is 0 Å². The average molecular weight is 238 g/mol. The van der Waals surface area contributed by atoms with E-state index in [-0.39, 0.29) is 0 Å². The highest BCUT2D eigenvalue weighted by atomic mass is 14.9. The smallest absolute Gasteiger partial charge is 0.0709 e. The number of hydrogen-bond donors (Lipinski definition) is 1. The summed E-state index contributed by atoms with van der Waals surface area (Å²) in [6, 6.07) is 13.2. The molecule has 1 aliphatic carbocycles. The van der Waals surface area contributed by atoms with Crippen molar-refractivity contribution in [3.05, 3.63) is 47.7 Å². The van der Waals surface area contributed by atoms with Crippen LogP contribution < -0.4 is 5.32 Å². The second-order valence-electron chi connectivity index (χ2n) is 5.07. The van der Waals surface area contributed by atoms with Gasteiger partial charge >= 0.3 is 0 Å². The van der Waals surface area contributed by atoms with Crippen molar-refractivity contribution in [2.75, 3.05) is 6.54 Å². The van der Waals surface area contributed by atoms with Crippen LogP contribution in [0.3, 0.4) is 0 Å². The number of para-hydroxylation sites is 1. The van der Waals surface area contributed by atoms with Gasteiger partial charge in [-0.25, -0.2) is 4.98 Å². The minimum absolute atomic E-state index is 0.762. The Labute approximate surface area is 108 Å². The van der Waals surface area contributed by atoms with Crippen LogP contribution in [0.25, 0.3) is 17.0 Å². The predicted molar refractivity (Wildman–Crippen MR) is 76.4 cm³/mol. The van der Waals surface area contributed by atoms with E-state index >= 15 is 0 Å². The van der Waals surface area contributed by atoms with Crippen LogP contribution in [-0.4, -0.2) is 17.6 Å². The number of nitrogens with zero attached hydrogens (tertiary/aromatic N) is 1. The molecule has 0 unspecified atom stereocenters. The van der Waals surface area contributed by atoms with Gasteiger partial charge in [0.1, 0.15) is 0 Å². The van der Waals surface area contributed by atoms with Crippen molar-refractivity contribution in [2.45, 2.75) is 25.8 Å². The molecule has 0 amide bonds. The van der Waals surface area contributed by atoms with Gasteiger partial charge in [0.2, 0.25) is 0 Å². The van der Waals surface area contributed by atoms with Crippen LogP contribution in [0.4, 0.5) is 0 Å². The van der Waals surface area contributed by atoms with E-state index in [1.165, 1.54) is 23.8 Å². The highest BCUT2D eigenvalue weighted by molar-refractivity contribution is 5.79. The van der Waals surface area contributed by atoms with Crippen molar-refractivity contribution < 1.29 is 0 Å². The third kappa shape index (κ3) is 2.77. The maximum Gasteiger partial charge on any atom is 0.0709 e. The molecule has 1 aromatic heterocycles. The van der Waals surface area contributed by atoms with E-state index in [9.17, 15) is 0 Å². The minimum atomic E-state index is 0.762. The van der Waals surface area contributed by atoms with Gasteiger partial charge in [-0.1, -0.05) is 29.8 Å². The Kier molecular flexibility index (Phi) is 3.11. The minimum Gasteiger partial charge on any atom is -0.310 e. The molecule has 92 valence electrons. The fourth-order valence-corrected chi connectivity index (χ4v) is 2.06. The first-order valence-corrected chi connectivity index (χ1v) is 6.57. The van der Waals surface area contributed by atoms with Gasteiger partial charge in [0.05, 0.1) is 11.2 Å². The maximum atomic E-state index is 4.65. The Bertz CT molecular complexity index is 582. The maximum absolute atomic E-state index is 4.65. The van der Waals surface area contributed by atoms with Crippen LogP contribution in [0.15, 0.2) is 42.0 Å². The topological polar surface area (TPSA) is 24.9 Å². The lowest BCUT2D eigenvalue weighted by Gasteiger charge is -2.03. The number of pyridine rings is 1. The second-order valence-corrected chi connectivity index (χ2v) is 5.07. The quantitative estimate of drug-likeness (QED) is 0.883. The first-order chi connectivity index (χ1) is 8.81. The molecule has 1 fully saturated rings. The molecular formula is C16H18N2. The molecule has 1 aromatic carbocycles. The molecule has 18 heavy (non-hydrogen) atoms. The van der Waals surface area contributed by atoms with E-state index < -0.39 is 0 Å². The molecule has 2 nitrogen and oxygen atoms in total. The van der Waals surface area contributed by atoms with Crippen molar-refractivity contribution in [3.63, 3.8) is 0 Å². The van der Waals surface area contributed by atoms with Gasteiger partial charge < -0.3 is 5.32 Å². The summed E-state index contributed by atoms with van der Waals surface area (Å²) in [5.74, 6) is 0. The van der Waals surface area contributed by atoms with E-state index in [0.717, 1.165) is 23.8 Å². The van der Waals surface area contributed by atoms with E-state index in [1.54, 1.807) is 0 Å². The normalized spacial score (nSPS) is 16.2. The van der Waals surface area contributed by atoms with Crippen molar-refractivity contribution >= 4 is 17.0 Å². The highest BCUT2D eigenvalue weighted by Gasteiger charge is 2.19. The van der Waals surface area contributed by atoms with E-state index in [2.05, 4.69) is 47.6 Å². The summed E-state index contributed by atoms with van der Waals surface area (Å²) in [6.45, 7) is 3.13. The standard InChI is InChI=1S/C16H18N2/c1-12(11-17-14-8-9-14)10-15-7-6-13-4-2-3-5-16(13)18-15/h2-7,10,14,17H,8-9,11H2,1H3. The molecule has 1 heterocycles. The summed E-state index contributed by atoms with van der Waals surface area (Å²) in [6.07, 6.45) is 4.84. The Morgan fingerprint density at radius 2 is 2.11 bits per heavy atom. The summed E-state index contributed by atoms with van der Waals surface area (Å²) >= 11 is 0. The molecule has 1 N–H and O–H groups in total. The Morgan fingerprint density at radius 3 is 2.94 bits per heavy atom. The summed E-state index contributed by atoms with van der Waals surface area (Å²) in [5, 5.41) is 4.72. The molecule has 0 radical (unpaired) electrons. The molecule has 1 saturated carbocycles. The second kappa shape index (κ2) is 4.91. The summed E-state index contributed by atoms with van der Waals surface area (Å²) < 4.78 is 0. The molecule has 1 aliphatic rings. The Morgan fingerprint density at radius 1 is 1.28 bits per heavy atom. The van der Waals surface area contributed by atoms with Crippen molar-refractivity contribution in [2.24, 2.45) is 0 Å². The van der Waals surface area contributed by atoms with Crippen LogP contribution in [-0.2, 0) is 0 Å². The zero-order valence-electron chi connectivity index (χ0n) is 10.7. The summed E-state index contributed by atoms with van der Waals surface area (Å²) in [7, 11) is 0. The van der Waals surface area contributed by atoms with E-state index in [1.807, 2.05) is 12.1 Å². The van der Waals surface area contributed by atoms with Crippen LogP contribution in [0.1, 0.15) is 25.5 Å². The molecule has 0 atom stereocenters. The number of benzene rings is 1. The molecule has 0 aliphatic heterocycles. The molecular weight excluding hydrogens is 220 g/mol. The van der Waals surface area contributed by atoms with Crippen molar-refractivity contribution in [1.82, 2.24) is 10.3 Å². The lowest BCUT2D eigenvalue weighted by molar-refractivity contribution is 0.735. The van der Waals surface area contributed by atoms with Crippen molar-refractivity contribution in [3.8, 4) is 0 Å². The summed E-state index contributed by atoms with van der Waals surface area (Å²) in [5.41, 5.74) is 3.45. The fraction of sp³-hybridized carbons (Fsp3) is 0.312. The number of rotatable bonds is 4. The first-order valence-electron chi connectivity index (χ1n) is 6.57. The summed E-state index contributed by atoms with van der Waals surface area (Å²) in [4.78, 5) is 4.65. The predicted octanol–water partition coefficient (Wildman–Crippen LogP) is 3.39. The fourth-order valence-electron chi connectivity index (χ4n) is 2.06. The Balaban J connectivity index is 1.77. The van der Waals surface area contributed by atoms with Gasteiger partial charge in [-0.3, -0.25) is 0 Å². The number of aromatic nitrogens is 1. The third-order valence-corrected chi connectivity index (χ3v) is 3.26. The zero-order valence-corrected chi connectivity index (χ0v) is 10.7. The van der Waals surface area contributed by atoms with Crippen LogP contribution in [0.5, 0.6) is 0 Å². The van der Waals surface area contributed by atoms with E-state index in [0.29, 0.717) is 0 Å². The van der Waals surface area contributed by atoms with Crippen molar-refractivity contribution in [1.29, 1.82) is 0 Å². The van der Waals surface area contributed by atoms with Crippen LogP contribution in [0.2, 0.25) is 0 Å². The third-order valence-electron chi connectivity index (χ3n) is 3.26. The molecule has 3 rings (SSSR count). The van der Waals surface area contributed by atoms with E-state index in [4.69, 9.17) is 0 Å². The Hall–Kier alpha value is -1.67. The van der Waals surface area contributed by atoms with Gasteiger partial charge in [0.15, 0.2) is 0 Å². The first kappa shape index (κ1) is 11.4. The number of fused-ring (bicyclic) bond motifs is 1. The molecule has 0 bridgehead atoms. The number of hydrogen-bond acceptors (Lipinski definition) is 2. The molecule has 2 heteroatoms. The van der Waals surface area contributed by atoms with Gasteiger partial charge in [-0.15, -0.1) is 0 Å². The average Bonchev–Trinajstić information content (AvgIpc) is 3.20. The number of nitrogens with one attached hydrogen (secondary N) is 1. The molecule has 2 aromatic rings. The largest absolute Gasteiger partial charge is 0.310 e. The van der Waals surface area contributed by atoms with Crippen LogP contribution >= 0.6 is 0 Å². The van der Waals surface area contributed by atoms with Gasteiger partial charge in [-0.05, 0) is 38.0 Å². The van der Waals surface area contributed by atoms with Gasteiger partial charge in [0, 0.05) is 18.0 Å². The zero-order chi connectivity index (χ0) is 12.4. The molecule has 0 spiro atoms. The lowest BCUT2D eigenvalue weighted by atomic mass is 10.1. The monoisotopic (exact) mass is 238 g/mol. The highest BCUT2D eigenvalue weighted by Crippen LogP contribution is 2.19. The molecule has 0 saturated heterocycles. The SMILES string of the molecule is CC(=Cc1ccc2ccccc2n1)CNC1CC1.